The Labute approximate surface area is 129 Å². The molecule has 0 spiro atoms. The number of piperazine rings is 1. The first-order chi connectivity index (χ1) is 9.79. The SMILES string of the molecule is CC(C)(C)OC(=O)N1CCNCC1c1cccc(F)c1Cl. The molecule has 1 aliphatic rings. The molecule has 2 rings (SSSR count). The highest BCUT2D eigenvalue weighted by Crippen LogP contribution is 2.31. The number of carbonyl (C=O) groups is 1. The third-order valence-corrected chi connectivity index (χ3v) is 3.61. The van der Waals surface area contributed by atoms with E-state index >= 15 is 0 Å². The molecular formula is C15H20ClFN2O2. The Morgan fingerprint density at radius 3 is 2.86 bits per heavy atom. The summed E-state index contributed by atoms with van der Waals surface area (Å²) in [7, 11) is 0. The van der Waals surface area contributed by atoms with Crippen LogP contribution in [0.25, 0.3) is 0 Å². The first-order valence-corrected chi connectivity index (χ1v) is 7.31. The lowest BCUT2D eigenvalue weighted by Gasteiger charge is -2.37. The number of hydrogen-bond donors (Lipinski definition) is 1. The molecule has 1 aromatic rings. The van der Waals surface area contributed by atoms with Crippen LogP contribution in [0, 0.1) is 5.82 Å². The Hall–Kier alpha value is -1.33. The van der Waals surface area contributed by atoms with Gasteiger partial charge in [0.05, 0.1) is 11.1 Å². The predicted octanol–water partition coefficient (Wildman–Crippen LogP) is 3.36. The molecule has 6 heteroatoms. The normalized spacial score (nSPS) is 19.5. The number of hydrogen-bond acceptors (Lipinski definition) is 3. The summed E-state index contributed by atoms with van der Waals surface area (Å²) in [4.78, 5) is 13.9. The monoisotopic (exact) mass is 314 g/mol. The van der Waals surface area contributed by atoms with Gasteiger partial charge in [0.2, 0.25) is 0 Å². The molecule has 1 amide bonds. The van der Waals surface area contributed by atoms with Crippen LogP contribution >= 0.6 is 11.6 Å². The maximum absolute atomic E-state index is 13.6. The molecule has 0 saturated carbocycles. The molecule has 1 saturated heterocycles. The van der Waals surface area contributed by atoms with Crippen LogP contribution in [0.1, 0.15) is 32.4 Å². The summed E-state index contributed by atoms with van der Waals surface area (Å²) in [6.07, 6.45) is -0.408. The number of carbonyl (C=O) groups excluding carboxylic acids is 1. The van der Waals surface area contributed by atoms with Crippen LogP contribution in [-0.4, -0.2) is 36.2 Å². The number of benzene rings is 1. The first-order valence-electron chi connectivity index (χ1n) is 6.94. The fourth-order valence-corrected chi connectivity index (χ4v) is 2.55. The molecule has 116 valence electrons. The van der Waals surface area contributed by atoms with Gasteiger partial charge in [-0.2, -0.15) is 0 Å². The molecular weight excluding hydrogens is 295 g/mol. The van der Waals surface area contributed by atoms with E-state index in [1.165, 1.54) is 6.07 Å². The maximum atomic E-state index is 13.6. The summed E-state index contributed by atoms with van der Waals surface area (Å²) in [6.45, 7) is 7.13. The summed E-state index contributed by atoms with van der Waals surface area (Å²) in [5.41, 5.74) is 0.0211. The second-order valence-electron chi connectivity index (χ2n) is 6.04. The molecule has 1 aromatic carbocycles. The van der Waals surface area contributed by atoms with Crippen molar-refractivity contribution in [3.8, 4) is 0 Å². The number of halogens is 2. The fraction of sp³-hybridized carbons (Fsp3) is 0.533. The number of amides is 1. The molecule has 0 radical (unpaired) electrons. The van der Waals surface area contributed by atoms with Crippen LogP contribution in [0.15, 0.2) is 18.2 Å². The fourth-order valence-electron chi connectivity index (χ4n) is 2.30. The smallest absolute Gasteiger partial charge is 0.410 e. The van der Waals surface area contributed by atoms with Gasteiger partial charge in [-0.1, -0.05) is 23.7 Å². The van der Waals surface area contributed by atoms with E-state index in [1.807, 2.05) is 20.8 Å². The zero-order valence-electron chi connectivity index (χ0n) is 12.5. The van der Waals surface area contributed by atoms with Gasteiger partial charge in [0.15, 0.2) is 0 Å². The topological polar surface area (TPSA) is 41.6 Å². The largest absolute Gasteiger partial charge is 0.444 e. The van der Waals surface area contributed by atoms with Crippen molar-refractivity contribution >= 4 is 17.7 Å². The zero-order chi connectivity index (χ0) is 15.6. The summed E-state index contributed by atoms with van der Waals surface area (Å²) in [6, 6.07) is 4.30. The van der Waals surface area contributed by atoms with Crippen molar-refractivity contribution < 1.29 is 13.9 Å². The molecule has 0 aliphatic carbocycles. The molecule has 1 fully saturated rings. The van der Waals surface area contributed by atoms with Crippen LogP contribution < -0.4 is 5.32 Å². The summed E-state index contributed by atoms with van der Waals surface area (Å²) < 4.78 is 19.1. The Balaban J connectivity index is 2.27. The van der Waals surface area contributed by atoms with E-state index in [9.17, 15) is 9.18 Å². The third kappa shape index (κ3) is 3.86. The second-order valence-corrected chi connectivity index (χ2v) is 6.41. The van der Waals surface area contributed by atoms with Crippen LogP contribution in [0.5, 0.6) is 0 Å². The molecule has 1 unspecified atom stereocenters. The average Bonchev–Trinajstić information content (AvgIpc) is 2.40. The molecule has 21 heavy (non-hydrogen) atoms. The number of nitrogens with one attached hydrogen (secondary N) is 1. The van der Waals surface area contributed by atoms with E-state index in [1.54, 1.807) is 17.0 Å². The van der Waals surface area contributed by atoms with Gasteiger partial charge in [0, 0.05) is 19.6 Å². The van der Waals surface area contributed by atoms with E-state index in [4.69, 9.17) is 16.3 Å². The van der Waals surface area contributed by atoms with Crippen LogP contribution in [0.2, 0.25) is 5.02 Å². The number of ether oxygens (including phenoxy) is 1. The molecule has 1 heterocycles. The minimum absolute atomic E-state index is 0.0553. The number of rotatable bonds is 1. The zero-order valence-corrected chi connectivity index (χ0v) is 13.2. The van der Waals surface area contributed by atoms with E-state index in [-0.39, 0.29) is 11.1 Å². The lowest BCUT2D eigenvalue weighted by molar-refractivity contribution is 0.0118. The molecule has 1 N–H and O–H groups in total. The van der Waals surface area contributed by atoms with Crippen LogP contribution in [0.4, 0.5) is 9.18 Å². The Morgan fingerprint density at radius 2 is 2.19 bits per heavy atom. The highest BCUT2D eigenvalue weighted by molar-refractivity contribution is 6.31. The van der Waals surface area contributed by atoms with E-state index < -0.39 is 17.5 Å². The summed E-state index contributed by atoms with van der Waals surface area (Å²) >= 11 is 6.05. The van der Waals surface area contributed by atoms with Crippen molar-refractivity contribution in [1.82, 2.24) is 10.2 Å². The molecule has 0 aromatic heterocycles. The van der Waals surface area contributed by atoms with E-state index in [0.717, 1.165) is 0 Å². The molecule has 4 nitrogen and oxygen atoms in total. The van der Waals surface area contributed by atoms with Gasteiger partial charge in [-0.05, 0) is 32.4 Å². The van der Waals surface area contributed by atoms with Gasteiger partial charge in [-0.25, -0.2) is 9.18 Å². The van der Waals surface area contributed by atoms with Crippen molar-refractivity contribution in [3.05, 3.63) is 34.6 Å². The van der Waals surface area contributed by atoms with Crippen molar-refractivity contribution in [2.24, 2.45) is 0 Å². The van der Waals surface area contributed by atoms with Gasteiger partial charge < -0.3 is 10.1 Å². The molecule has 1 atom stereocenters. The van der Waals surface area contributed by atoms with Crippen LogP contribution in [0.3, 0.4) is 0 Å². The van der Waals surface area contributed by atoms with Gasteiger partial charge >= 0.3 is 6.09 Å². The van der Waals surface area contributed by atoms with Crippen molar-refractivity contribution in [3.63, 3.8) is 0 Å². The lowest BCUT2D eigenvalue weighted by Crippen LogP contribution is -2.50. The molecule has 1 aliphatic heterocycles. The minimum Gasteiger partial charge on any atom is -0.444 e. The predicted molar refractivity (Wildman–Crippen MR) is 80.0 cm³/mol. The van der Waals surface area contributed by atoms with Crippen molar-refractivity contribution in [2.45, 2.75) is 32.4 Å². The summed E-state index contributed by atoms with van der Waals surface area (Å²) in [5, 5.41) is 3.25. The van der Waals surface area contributed by atoms with Gasteiger partial charge in [0.25, 0.3) is 0 Å². The van der Waals surface area contributed by atoms with E-state index in [0.29, 0.717) is 25.2 Å². The maximum Gasteiger partial charge on any atom is 0.410 e. The van der Waals surface area contributed by atoms with Gasteiger partial charge in [-0.3, -0.25) is 4.90 Å². The Kier molecular flexibility index (Phi) is 4.74. The average molecular weight is 315 g/mol. The standard InChI is InChI=1S/C15H20ClFN2O2/c1-15(2,3)21-14(20)19-8-7-18-9-12(19)10-5-4-6-11(17)13(10)16/h4-6,12,18H,7-9H2,1-3H3. The highest BCUT2D eigenvalue weighted by atomic mass is 35.5. The highest BCUT2D eigenvalue weighted by Gasteiger charge is 2.32. The number of nitrogens with zero attached hydrogens (tertiary/aromatic N) is 1. The van der Waals surface area contributed by atoms with Gasteiger partial charge in [0.1, 0.15) is 11.4 Å². The van der Waals surface area contributed by atoms with Gasteiger partial charge in [-0.15, -0.1) is 0 Å². The minimum atomic E-state index is -0.571. The molecule has 0 bridgehead atoms. The van der Waals surface area contributed by atoms with E-state index in [2.05, 4.69) is 5.32 Å². The summed E-state index contributed by atoms with van der Waals surface area (Å²) in [5.74, 6) is -0.483. The first kappa shape index (κ1) is 16.0. The lowest BCUT2D eigenvalue weighted by atomic mass is 10.0. The van der Waals surface area contributed by atoms with Crippen LogP contribution in [-0.2, 0) is 4.74 Å². The Morgan fingerprint density at radius 1 is 1.48 bits per heavy atom. The van der Waals surface area contributed by atoms with Crippen molar-refractivity contribution in [2.75, 3.05) is 19.6 Å². The second kappa shape index (κ2) is 6.20. The van der Waals surface area contributed by atoms with Crippen molar-refractivity contribution in [1.29, 1.82) is 0 Å². The Bertz CT molecular complexity index is 531. The quantitative estimate of drug-likeness (QED) is 0.864. The third-order valence-electron chi connectivity index (χ3n) is 3.21.